The molecule has 1 N–H and O–H groups in total. The van der Waals surface area contributed by atoms with Crippen LogP contribution in [0.2, 0.25) is 0 Å². The van der Waals surface area contributed by atoms with Gasteiger partial charge in [-0.2, -0.15) is 0 Å². The van der Waals surface area contributed by atoms with Crippen molar-refractivity contribution in [2.75, 3.05) is 0 Å². The number of carbonyl (C=O) groups is 1. The third-order valence-electron chi connectivity index (χ3n) is 8.77. The number of aliphatic hydroxyl groups is 1. The molecule has 4 rings (SSSR count). The van der Waals surface area contributed by atoms with Gasteiger partial charge in [-0.25, -0.2) is 0 Å². The third-order valence-corrected chi connectivity index (χ3v) is 8.77. The Morgan fingerprint density at radius 1 is 1.17 bits per heavy atom. The van der Waals surface area contributed by atoms with E-state index < -0.39 is 0 Å². The summed E-state index contributed by atoms with van der Waals surface area (Å²) in [6, 6.07) is 0. The van der Waals surface area contributed by atoms with Crippen molar-refractivity contribution in [1.82, 2.24) is 0 Å². The van der Waals surface area contributed by atoms with Gasteiger partial charge in [0.1, 0.15) is 5.78 Å². The summed E-state index contributed by atoms with van der Waals surface area (Å²) in [5.74, 6) is 3.57. The van der Waals surface area contributed by atoms with Gasteiger partial charge >= 0.3 is 0 Å². The molecule has 2 heteroatoms. The minimum Gasteiger partial charge on any atom is -0.393 e. The van der Waals surface area contributed by atoms with Crippen LogP contribution in [-0.4, -0.2) is 17.0 Å². The molecule has 0 aliphatic heterocycles. The maximum atomic E-state index is 12.5. The summed E-state index contributed by atoms with van der Waals surface area (Å²) in [5.41, 5.74) is 0.324. The van der Waals surface area contributed by atoms with Crippen LogP contribution >= 0.6 is 0 Å². The first-order valence-electron chi connectivity index (χ1n) is 9.74. The number of hydrogen-bond acceptors (Lipinski definition) is 2. The second-order valence-corrected chi connectivity index (χ2v) is 9.48. The molecule has 4 fully saturated rings. The van der Waals surface area contributed by atoms with Crippen LogP contribution in [-0.2, 0) is 4.79 Å². The molecule has 2 nitrogen and oxygen atoms in total. The number of rotatable bonds is 1. The largest absolute Gasteiger partial charge is 0.393 e. The fraction of sp³-hybridized carbons (Fsp3) is 0.857. The van der Waals surface area contributed by atoms with E-state index in [-0.39, 0.29) is 17.4 Å². The molecule has 0 heterocycles. The minimum absolute atomic E-state index is 0.0175. The summed E-state index contributed by atoms with van der Waals surface area (Å²) in [5, 5.41) is 10.4. The smallest absolute Gasteiger partial charge is 0.139 e. The van der Waals surface area contributed by atoms with Gasteiger partial charge in [0.25, 0.3) is 0 Å². The van der Waals surface area contributed by atoms with Crippen molar-refractivity contribution >= 4 is 5.78 Å². The monoisotopic (exact) mass is 316 g/mol. The SMILES string of the molecule is C=CC1C[C@@]2(C)C(CC[C@@H]3[C@H]2CC[C@]2(C)C(=O)CC[C@@H]32)CC1O. The van der Waals surface area contributed by atoms with Crippen LogP contribution < -0.4 is 0 Å². The molecule has 0 spiro atoms. The maximum absolute atomic E-state index is 12.5. The van der Waals surface area contributed by atoms with Crippen LogP contribution in [0.15, 0.2) is 12.7 Å². The lowest BCUT2D eigenvalue weighted by Gasteiger charge is -2.61. The first kappa shape index (κ1) is 15.9. The molecule has 23 heavy (non-hydrogen) atoms. The van der Waals surface area contributed by atoms with E-state index in [1.807, 2.05) is 6.08 Å². The van der Waals surface area contributed by atoms with Crippen molar-refractivity contribution in [3.63, 3.8) is 0 Å². The van der Waals surface area contributed by atoms with Crippen LogP contribution in [0, 0.1) is 40.4 Å². The van der Waals surface area contributed by atoms with Gasteiger partial charge in [0.2, 0.25) is 0 Å². The highest BCUT2D eigenvalue weighted by molar-refractivity contribution is 5.87. The molecule has 128 valence electrons. The van der Waals surface area contributed by atoms with E-state index in [9.17, 15) is 9.90 Å². The predicted molar refractivity (Wildman–Crippen MR) is 91.8 cm³/mol. The topological polar surface area (TPSA) is 37.3 Å². The average molecular weight is 316 g/mol. The van der Waals surface area contributed by atoms with Gasteiger partial charge in [0, 0.05) is 17.8 Å². The van der Waals surface area contributed by atoms with Gasteiger partial charge in [-0.15, -0.1) is 6.58 Å². The second-order valence-electron chi connectivity index (χ2n) is 9.48. The van der Waals surface area contributed by atoms with Gasteiger partial charge in [-0.3, -0.25) is 4.79 Å². The summed E-state index contributed by atoms with van der Waals surface area (Å²) >= 11 is 0. The normalized spacial score (nSPS) is 55.7. The highest BCUT2D eigenvalue weighted by Crippen LogP contribution is 2.65. The first-order valence-corrected chi connectivity index (χ1v) is 9.74. The molecule has 8 atom stereocenters. The number of aliphatic hydroxyl groups excluding tert-OH is 1. The van der Waals surface area contributed by atoms with Gasteiger partial charge in [-0.05, 0) is 74.0 Å². The highest BCUT2D eigenvalue weighted by Gasteiger charge is 2.60. The Labute approximate surface area is 140 Å². The molecular weight excluding hydrogens is 284 g/mol. The molecule has 4 aliphatic rings. The Balaban J connectivity index is 1.65. The number of Topliss-reactive ketones (excluding diaryl/α,β-unsaturated/α-hetero) is 1. The fourth-order valence-corrected chi connectivity index (χ4v) is 7.36. The van der Waals surface area contributed by atoms with Crippen molar-refractivity contribution in [2.24, 2.45) is 40.4 Å². The molecular formula is C21H32O2. The van der Waals surface area contributed by atoms with Gasteiger partial charge < -0.3 is 5.11 Å². The average Bonchev–Trinajstić information content (AvgIpc) is 2.83. The lowest BCUT2D eigenvalue weighted by Crippen LogP contribution is -2.55. The predicted octanol–water partition coefficient (Wildman–Crippen LogP) is 4.37. The summed E-state index contributed by atoms with van der Waals surface area (Å²) in [4.78, 5) is 12.5. The Hall–Kier alpha value is -0.630. The molecule has 3 unspecified atom stereocenters. The van der Waals surface area contributed by atoms with Crippen molar-refractivity contribution < 1.29 is 9.90 Å². The molecule has 4 aliphatic carbocycles. The van der Waals surface area contributed by atoms with Crippen molar-refractivity contribution in [3.8, 4) is 0 Å². The van der Waals surface area contributed by atoms with Crippen molar-refractivity contribution in [1.29, 1.82) is 0 Å². The van der Waals surface area contributed by atoms with E-state index in [0.29, 0.717) is 23.0 Å². The maximum Gasteiger partial charge on any atom is 0.139 e. The minimum atomic E-state index is -0.191. The van der Waals surface area contributed by atoms with Crippen LogP contribution in [0.1, 0.15) is 65.2 Å². The summed E-state index contributed by atoms with van der Waals surface area (Å²) in [6.07, 6.45) is 10.6. The summed E-state index contributed by atoms with van der Waals surface area (Å²) in [6.45, 7) is 8.73. The zero-order chi connectivity index (χ0) is 16.4. The van der Waals surface area contributed by atoms with Crippen LogP contribution in [0.3, 0.4) is 0 Å². The van der Waals surface area contributed by atoms with E-state index in [4.69, 9.17) is 0 Å². The lowest BCUT2D eigenvalue weighted by atomic mass is 9.44. The fourth-order valence-electron chi connectivity index (χ4n) is 7.36. The van der Waals surface area contributed by atoms with E-state index in [2.05, 4.69) is 20.4 Å². The molecule has 0 aromatic carbocycles. The summed E-state index contributed by atoms with van der Waals surface area (Å²) < 4.78 is 0. The van der Waals surface area contributed by atoms with E-state index in [1.165, 1.54) is 19.3 Å². The van der Waals surface area contributed by atoms with Crippen LogP contribution in [0.5, 0.6) is 0 Å². The van der Waals surface area contributed by atoms with Crippen molar-refractivity contribution in [2.45, 2.75) is 71.3 Å². The number of fused-ring (bicyclic) bond motifs is 5. The van der Waals surface area contributed by atoms with Crippen LogP contribution in [0.25, 0.3) is 0 Å². The van der Waals surface area contributed by atoms with Gasteiger partial charge in [-0.1, -0.05) is 19.9 Å². The zero-order valence-electron chi connectivity index (χ0n) is 14.8. The molecule has 0 aromatic heterocycles. The standard InChI is InChI=1S/C21H32O2/c1-4-13-12-21(3)14(11-18(13)22)5-6-15-16-7-8-19(23)20(16,2)10-9-17(15)21/h4,13-18,22H,1,5-12H2,2-3H3/t13?,14?,15-,16-,17+,18?,20-,21-/m0/s1. The molecule has 0 bridgehead atoms. The molecule has 0 aromatic rings. The lowest BCUT2D eigenvalue weighted by molar-refractivity contribution is -0.146. The Morgan fingerprint density at radius 2 is 1.96 bits per heavy atom. The zero-order valence-corrected chi connectivity index (χ0v) is 14.8. The van der Waals surface area contributed by atoms with Gasteiger partial charge in [0.05, 0.1) is 6.10 Å². The number of hydrogen-bond donors (Lipinski definition) is 1. The summed E-state index contributed by atoms with van der Waals surface area (Å²) in [7, 11) is 0. The van der Waals surface area contributed by atoms with E-state index in [0.717, 1.165) is 43.9 Å². The quantitative estimate of drug-likeness (QED) is 0.729. The molecule has 0 amide bonds. The number of ketones is 1. The molecule has 4 saturated carbocycles. The number of carbonyl (C=O) groups excluding carboxylic acids is 1. The Bertz CT molecular complexity index is 526. The highest BCUT2D eigenvalue weighted by atomic mass is 16.3. The third kappa shape index (κ3) is 2.06. The van der Waals surface area contributed by atoms with Crippen molar-refractivity contribution in [3.05, 3.63) is 12.7 Å². The van der Waals surface area contributed by atoms with E-state index in [1.54, 1.807) is 0 Å². The van der Waals surface area contributed by atoms with E-state index >= 15 is 0 Å². The second kappa shape index (κ2) is 5.18. The molecule has 0 radical (unpaired) electrons. The van der Waals surface area contributed by atoms with Gasteiger partial charge in [0.15, 0.2) is 0 Å². The van der Waals surface area contributed by atoms with Crippen LogP contribution in [0.4, 0.5) is 0 Å². The molecule has 0 saturated heterocycles. The Morgan fingerprint density at radius 3 is 2.70 bits per heavy atom. The first-order chi connectivity index (χ1) is 10.9. The Kier molecular flexibility index (Phi) is 3.58.